The summed E-state index contributed by atoms with van der Waals surface area (Å²) in [6.07, 6.45) is 6.81. The highest BCUT2D eigenvalue weighted by Crippen LogP contribution is 2.36. The monoisotopic (exact) mass is 539 g/mol. The van der Waals surface area contributed by atoms with Gasteiger partial charge in [-0.2, -0.15) is 0 Å². The first-order valence-corrected chi connectivity index (χ1v) is 12.8. The Balaban J connectivity index is 1.37. The molecule has 198 valence electrons. The number of amides is 1. The maximum atomic E-state index is 13.6. The Morgan fingerprint density at radius 2 is 2.13 bits per heavy atom. The van der Waals surface area contributed by atoms with E-state index >= 15 is 0 Å². The summed E-state index contributed by atoms with van der Waals surface area (Å²) in [7, 11) is 0. The molecule has 1 atom stereocenters. The molecule has 2 fully saturated rings. The van der Waals surface area contributed by atoms with Crippen LogP contribution in [0.3, 0.4) is 0 Å². The molecule has 3 aromatic rings. The Morgan fingerprint density at radius 3 is 2.92 bits per heavy atom. The van der Waals surface area contributed by atoms with Gasteiger partial charge in [-0.25, -0.2) is 14.4 Å². The molecule has 1 aliphatic heterocycles. The van der Waals surface area contributed by atoms with E-state index in [9.17, 15) is 14.0 Å². The summed E-state index contributed by atoms with van der Waals surface area (Å²) >= 11 is 5.93. The molecular formula is C27H27ClFN5O4. The summed E-state index contributed by atoms with van der Waals surface area (Å²) in [6.45, 7) is 3.72. The zero-order valence-corrected chi connectivity index (χ0v) is 21.5. The molecule has 1 amide bonds. The second-order valence-corrected chi connectivity index (χ2v) is 9.73. The number of hydrogen-bond acceptors (Lipinski definition) is 8. The Bertz CT molecular complexity index is 1400. The number of esters is 1. The smallest absolute Gasteiger partial charge is 0.323 e. The van der Waals surface area contributed by atoms with Crippen molar-refractivity contribution in [2.45, 2.75) is 25.8 Å². The number of benzene rings is 2. The van der Waals surface area contributed by atoms with Crippen LogP contribution in [-0.2, 0) is 14.3 Å². The molecule has 2 N–H and O–H groups in total. The molecule has 1 saturated heterocycles. The van der Waals surface area contributed by atoms with Gasteiger partial charge in [-0.3, -0.25) is 14.5 Å². The van der Waals surface area contributed by atoms with Crippen molar-refractivity contribution in [2.75, 3.05) is 36.9 Å². The fourth-order valence-corrected chi connectivity index (χ4v) is 4.23. The van der Waals surface area contributed by atoms with Crippen molar-refractivity contribution in [3.63, 3.8) is 0 Å². The van der Waals surface area contributed by atoms with E-state index in [2.05, 4.69) is 20.6 Å². The molecule has 1 aliphatic carbocycles. The minimum Gasteiger partial charge on any atom is -0.491 e. The standard InChI is InChI=1S/C27H27ClFN5O4/c1-16-27(36)37-10-9-34(16)8-2-3-25(35)33-23-12-19-22(13-24(23)38-14-17-4-5-17)30-15-31-26(19)32-18-6-7-21(29)20(28)11-18/h2-3,6-7,11-13,15-17H,4-5,8-10,14H2,1H3,(H,33,35)(H,30,31,32)/b3-2+/t16-/m1/s1. The maximum Gasteiger partial charge on any atom is 0.323 e. The van der Waals surface area contributed by atoms with Crippen LogP contribution in [0, 0.1) is 11.7 Å². The molecule has 2 aromatic carbocycles. The van der Waals surface area contributed by atoms with Gasteiger partial charge in [0.15, 0.2) is 0 Å². The lowest BCUT2D eigenvalue weighted by Crippen LogP contribution is -2.47. The average molecular weight is 540 g/mol. The van der Waals surface area contributed by atoms with Crippen LogP contribution in [0.5, 0.6) is 5.75 Å². The van der Waals surface area contributed by atoms with E-state index in [-0.39, 0.29) is 22.9 Å². The number of aromatic nitrogens is 2. The number of hydrogen-bond donors (Lipinski definition) is 2. The van der Waals surface area contributed by atoms with E-state index in [0.717, 1.165) is 12.8 Å². The second-order valence-electron chi connectivity index (χ2n) is 9.33. The molecule has 1 aromatic heterocycles. The third-order valence-electron chi connectivity index (χ3n) is 6.47. The third kappa shape index (κ3) is 6.20. The SMILES string of the molecule is C[C@@H]1C(=O)OCCN1C/C=C/C(=O)Nc1cc2c(Nc3ccc(F)c(Cl)c3)ncnc2cc1OCC1CC1. The van der Waals surface area contributed by atoms with E-state index < -0.39 is 5.82 Å². The summed E-state index contributed by atoms with van der Waals surface area (Å²) in [6, 6.07) is 7.44. The van der Waals surface area contributed by atoms with Crippen LogP contribution in [0.1, 0.15) is 19.8 Å². The van der Waals surface area contributed by atoms with Crippen LogP contribution < -0.4 is 15.4 Å². The summed E-state index contributed by atoms with van der Waals surface area (Å²) in [5.74, 6) is 0.353. The molecule has 0 spiro atoms. The Hall–Kier alpha value is -3.76. The zero-order chi connectivity index (χ0) is 26.6. The molecule has 2 aliphatic rings. The van der Waals surface area contributed by atoms with E-state index in [1.54, 1.807) is 31.2 Å². The van der Waals surface area contributed by atoms with Crippen molar-refractivity contribution in [2.24, 2.45) is 5.92 Å². The molecule has 0 bridgehead atoms. The highest BCUT2D eigenvalue weighted by Gasteiger charge is 2.26. The van der Waals surface area contributed by atoms with Gasteiger partial charge in [0.05, 0.1) is 22.8 Å². The van der Waals surface area contributed by atoms with Crippen LogP contribution in [0.25, 0.3) is 10.9 Å². The van der Waals surface area contributed by atoms with Crippen molar-refractivity contribution in [3.8, 4) is 5.75 Å². The largest absolute Gasteiger partial charge is 0.491 e. The summed E-state index contributed by atoms with van der Waals surface area (Å²) < 4.78 is 24.7. The first kappa shape index (κ1) is 25.9. The number of ether oxygens (including phenoxy) is 2. The van der Waals surface area contributed by atoms with Gasteiger partial charge in [-0.05, 0) is 49.9 Å². The lowest BCUT2D eigenvalue weighted by molar-refractivity contribution is -0.155. The number of halogens is 2. The maximum absolute atomic E-state index is 13.6. The number of fused-ring (bicyclic) bond motifs is 1. The highest BCUT2D eigenvalue weighted by molar-refractivity contribution is 6.31. The Labute approximate surface area is 224 Å². The minimum absolute atomic E-state index is 0.0142. The Morgan fingerprint density at radius 1 is 1.29 bits per heavy atom. The van der Waals surface area contributed by atoms with Crippen molar-refractivity contribution < 1.29 is 23.5 Å². The van der Waals surface area contributed by atoms with Crippen molar-refractivity contribution in [1.29, 1.82) is 0 Å². The molecule has 0 radical (unpaired) electrons. The molecule has 38 heavy (non-hydrogen) atoms. The van der Waals surface area contributed by atoms with Gasteiger partial charge < -0.3 is 20.1 Å². The molecule has 5 rings (SSSR count). The predicted octanol–water partition coefficient (Wildman–Crippen LogP) is 4.70. The van der Waals surface area contributed by atoms with Gasteiger partial charge in [-0.15, -0.1) is 0 Å². The van der Waals surface area contributed by atoms with Crippen molar-refractivity contribution in [3.05, 3.63) is 59.7 Å². The molecule has 11 heteroatoms. The van der Waals surface area contributed by atoms with Gasteiger partial charge in [0.2, 0.25) is 5.91 Å². The lowest BCUT2D eigenvalue weighted by Gasteiger charge is -2.30. The predicted molar refractivity (Wildman–Crippen MR) is 142 cm³/mol. The van der Waals surface area contributed by atoms with Crippen LogP contribution in [0.15, 0.2) is 48.8 Å². The lowest BCUT2D eigenvalue weighted by atomic mass is 10.1. The molecule has 0 unspecified atom stereocenters. The van der Waals surface area contributed by atoms with Gasteiger partial charge in [-0.1, -0.05) is 17.7 Å². The van der Waals surface area contributed by atoms with Gasteiger partial charge in [0.25, 0.3) is 0 Å². The second kappa shape index (κ2) is 11.3. The number of nitrogens with one attached hydrogen (secondary N) is 2. The number of morpholine rings is 1. The van der Waals surface area contributed by atoms with Gasteiger partial charge in [0.1, 0.15) is 36.4 Å². The number of anilines is 3. The van der Waals surface area contributed by atoms with Crippen LogP contribution in [-0.4, -0.2) is 59.1 Å². The van der Waals surface area contributed by atoms with Crippen LogP contribution in [0.4, 0.5) is 21.6 Å². The Kier molecular flexibility index (Phi) is 7.71. The molecular weight excluding hydrogens is 513 g/mol. The fraction of sp³-hybridized carbons (Fsp3) is 0.333. The third-order valence-corrected chi connectivity index (χ3v) is 6.76. The van der Waals surface area contributed by atoms with Crippen LogP contribution in [0.2, 0.25) is 5.02 Å². The number of carbonyl (C=O) groups excluding carboxylic acids is 2. The quantitative estimate of drug-likeness (QED) is 0.298. The number of cyclic esters (lactones) is 1. The summed E-state index contributed by atoms with van der Waals surface area (Å²) in [5, 5.41) is 6.65. The highest BCUT2D eigenvalue weighted by atomic mass is 35.5. The van der Waals surface area contributed by atoms with Gasteiger partial charge in [0, 0.05) is 36.3 Å². The molecule has 2 heterocycles. The van der Waals surface area contributed by atoms with Crippen LogP contribution >= 0.6 is 11.6 Å². The van der Waals surface area contributed by atoms with Crippen molar-refractivity contribution in [1.82, 2.24) is 14.9 Å². The molecule has 9 nitrogen and oxygen atoms in total. The molecule has 1 saturated carbocycles. The topological polar surface area (TPSA) is 106 Å². The summed E-state index contributed by atoms with van der Waals surface area (Å²) in [4.78, 5) is 35.2. The zero-order valence-electron chi connectivity index (χ0n) is 20.7. The average Bonchev–Trinajstić information content (AvgIpc) is 3.72. The number of nitrogens with zero attached hydrogens (tertiary/aromatic N) is 3. The van der Waals surface area contributed by atoms with E-state index in [0.29, 0.717) is 66.1 Å². The number of carbonyl (C=O) groups is 2. The minimum atomic E-state index is -0.519. The van der Waals surface area contributed by atoms with Gasteiger partial charge >= 0.3 is 5.97 Å². The first-order chi connectivity index (χ1) is 18.4. The summed E-state index contributed by atoms with van der Waals surface area (Å²) in [5.41, 5.74) is 1.63. The van der Waals surface area contributed by atoms with Crippen molar-refractivity contribution >= 4 is 51.6 Å². The normalized spacial score (nSPS) is 18.0. The van der Waals surface area contributed by atoms with E-state index in [1.807, 2.05) is 4.90 Å². The first-order valence-electron chi connectivity index (χ1n) is 12.4. The fourth-order valence-electron chi connectivity index (χ4n) is 4.05. The van der Waals surface area contributed by atoms with E-state index in [4.69, 9.17) is 21.1 Å². The van der Waals surface area contributed by atoms with E-state index in [1.165, 1.54) is 24.5 Å². The number of rotatable bonds is 9.